The lowest BCUT2D eigenvalue weighted by molar-refractivity contribution is 0.449. The zero-order valence-electron chi connectivity index (χ0n) is 29.0. The van der Waals surface area contributed by atoms with Crippen LogP contribution in [0.4, 0.5) is 11.4 Å². The summed E-state index contributed by atoms with van der Waals surface area (Å²) in [4.78, 5) is 2.52. The summed E-state index contributed by atoms with van der Waals surface area (Å²) in [5, 5.41) is 0. The fraction of sp³-hybridized carbons (Fsp3) is 0.364. The van der Waals surface area contributed by atoms with Crippen LogP contribution in [0.2, 0.25) is 0 Å². The van der Waals surface area contributed by atoms with Crippen molar-refractivity contribution in [1.29, 1.82) is 0 Å². The molecule has 0 unspecified atom stereocenters. The zero-order chi connectivity index (χ0) is 32.2. The molecule has 0 aromatic heterocycles. The number of allylic oxidation sites excluding steroid dienone is 4. The molecule has 1 heteroatoms. The summed E-state index contributed by atoms with van der Waals surface area (Å²) in [5.74, 6) is 0. The van der Waals surface area contributed by atoms with Crippen molar-refractivity contribution in [2.24, 2.45) is 0 Å². The molecule has 0 N–H and O–H groups in total. The maximum absolute atomic E-state index is 2.52. The number of rotatable bonds is 11. The van der Waals surface area contributed by atoms with Gasteiger partial charge < -0.3 is 4.90 Å². The molecule has 0 fully saturated rings. The molecule has 0 radical (unpaired) electrons. The smallest absolute Gasteiger partial charge is 0.0487 e. The Morgan fingerprint density at radius 1 is 0.533 bits per heavy atom. The van der Waals surface area contributed by atoms with Gasteiger partial charge in [0.2, 0.25) is 0 Å². The fourth-order valence-corrected chi connectivity index (χ4v) is 8.07. The van der Waals surface area contributed by atoms with Crippen LogP contribution in [0.5, 0.6) is 0 Å². The molecule has 0 atom stereocenters. The monoisotopic (exact) mass is 595 g/mol. The van der Waals surface area contributed by atoms with Crippen LogP contribution in [-0.4, -0.2) is 0 Å². The third-order valence-corrected chi connectivity index (χ3v) is 10.9. The highest BCUT2D eigenvalue weighted by molar-refractivity contribution is 5.72. The Morgan fingerprint density at radius 3 is 1.58 bits per heavy atom. The standard InChI is InChI=1S/C44H53N/c1-9-43(10-2,38-17-13-15-32(5)30-38)36-20-24-40(25-21-36)45(42-28-19-34(7)29-35(42)8)41-26-22-37(23-27-41)44(11-3,12-4)39-18-14-16-33(6)31-39/h13-22,24-26,28-31H,9-12,23,27H2,1-8H3. The summed E-state index contributed by atoms with van der Waals surface area (Å²) in [5.41, 5.74) is 15.1. The zero-order valence-corrected chi connectivity index (χ0v) is 29.0. The van der Waals surface area contributed by atoms with Gasteiger partial charge in [0.25, 0.3) is 0 Å². The molecule has 0 spiro atoms. The van der Waals surface area contributed by atoms with Crippen LogP contribution >= 0.6 is 0 Å². The summed E-state index contributed by atoms with van der Waals surface area (Å²) >= 11 is 0. The van der Waals surface area contributed by atoms with E-state index in [1.807, 2.05) is 0 Å². The maximum Gasteiger partial charge on any atom is 0.0487 e. The number of hydrogen-bond acceptors (Lipinski definition) is 1. The van der Waals surface area contributed by atoms with E-state index in [4.69, 9.17) is 0 Å². The molecule has 0 aliphatic heterocycles. The number of hydrogen-bond donors (Lipinski definition) is 0. The summed E-state index contributed by atoms with van der Waals surface area (Å²) in [6.45, 7) is 18.2. The second-order valence-corrected chi connectivity index (χ2v) is 13.3. The second kappa shape index (κ2) is 13.7. The first-order valence-corrected chi connectivity index (χ1v) is 17.2. The van der Waals surface area contributed by atoms with Crippen LogP contribution in [0.15, 0.2) is 114 Å². The molecule has 234 valence electrons. The molecule has 1 aliphatic rings. The van der Waals surface area contributed by atoms with E-state index in [-0.39, 0.29) is 10.8 Å². The van der Waals surface area contributed by atoms with Crippen LogP contribution < -0.4 is 4.90 Å². The van der Waals surface area contributed by atoms with Crippen molar-refractivity contribution in [3.63, 3.8) is 0 Å². The molecule has 0 amide bonds. The molecule has 1 aliphatic carbocycles. The predicted octanol–water partition coefficient (Wildman–Crippen LogP) is 12.5. The highest BCUT2D eigenvalue weighted by Crippen LogP contribution is 2.46. The van der Waals surface area contributed by atoms with E-state index in [0.717, 1.165) is 38.5 Å². The Bertz CT molecular complexity index is 1670. The molecule has 0 bridgehead atoms. The topological polar surface area (TPSA) is 3.24 Å². The SMILES string of the molecule is CCC(CC)(C1=CC=C(N(c2ccc(C(CC)(CC)c3cccc(C)c3)cc2)c2ccc(C)cc2C)CC1)c1cccc(C)c1. The molecule has 0 saturated carbocycles. The van der Waals surface area contributed by atoms with Gasteiger partial charge in [0.1, 0.15) is 0 Å². The summed E-state index contributed by atoms with van der Waals surface area (Å²) < 4.78 is 0. The Hall–Kier alpha value is -3.84. The first kappa shape index (κ1) is 32.6. The van der Waals surface area contributed by atoms with Crippen molar-refractivity contribution in [3.05, 3.63) is 153 Å². The third-order valence-electron chi connectivity index (χ3n) is 10.9. The summed E-state index contributed by atoms with van der Waals surface area (Å²) in [6.07, 6.45) is 11.3. The first-order valence-electron chi connectivity index (χ1n) is 17.2. The van der Waals surface area contributed by atoms with Crippen molar-refractivity contribution in [1.82, 2.24) is 0 Å². The molecule has 5 rings (SSSR count). The van der Waals surface area contributed by atoms with Crippen molar-refractivity contribution in [2.75, 3.05) is 4.90 Å². The van der Waals surface area contributed by atoms with Crippen molar-refractivity contribution in [2.45, 2.75) is 105 Å². The van der Waals surface area contributed by atoms with Gasteiger partial charge in [-0.2, -0.15) is 0 Å². The number of anilines is 2. The Balaban J connectivity index is 1.59. The van der Waals surface area contributed by atoms with Gasteiger partial charge in [0.05, 0.1) is 0 Å². The van der Waals surface area contributed by atoms with Gasteiger partial charge in [-0.1, -0.05) is 129 Å². The van der Waals surface area contributed by atoms with E-state index in [2.05, 4.69) is 163 Å². The number of aryl methyl sites for hydroxylation is 4. The van der Waals surface area contributed by atoms with Crippen LogP contribution in [0.3, 0.4) is 0 Å². The van der Waals surface area contributed by atoms with Gasteiger partial charge in [-0.05, 0) is 113 Å². The van der Waals surface area contributed by atoms with Gasteiger partial charge in [0.15, 0.2) is 0 Å². The van der Waals surface area contributed by atoms with Crippen LogP contribution in [0.1, 0.15) is 105 Å². The predicted molar refractivity (Wildman–Crippen MR) is 196 cm³/mol. The van der Waals surface area contributed by atoms with Crippen LogP contribution in [0, 0.1) is 27.7 Å². The normalized spacial score (nSPS) is 13.8. The molecule has 45 heavy (non-hydrogen) atoms. The Kier molecular flexibility index (Phi) is 9.88. The van der Waals surface area contributed by atoms with Gasteiger partial charge in [-0.15, -0.1) is 0 Å². The van der Waals surface area contributed by atoms with Gasteiger partial charge in [-0.25, -0.2) is 0 Å². The van der Waals surface area contributed by atoms with Crippen molar-refractivity contribution in [3.8, 4) is 0 Å². The van der Waals surface area contributed by atoms with Crippen molar-refractivity contribution < 1.29 is 0 Å². The molecule has 4 aromatic carbocycles. The molecular formula is C44H53N. The lowest BCUT2D eigenvalue weighted by atomic mass is 9.67. The van der Waals surface area contributed by atoms with E-state index in [9.17, 15) is 0 Å². The number of benzene rings is 4. The summed E-state index contributed by atoms with van der Waals surface area (Å²) in [6, 6.07) is 34.7. The van der Waals surface area contributed by atoms with E-state index in [0.29, 0.717) is 0 Å². The van der Waals surface area contributed by atoms with Crippen LogP contribution in [-0.2, 0) is 10.8 Å². The van der Waals surface area contributed by atoms with Gasteiger partial charge in [0, 0.05) is 27.9 Å². The van der Waals surface area contributed by atoms with E-state index in [1.54, 1.807) is 5.57 Å². The minimum Gasteiger partial charge on any atom is -0.314 e. The first-order chi connectivity index (χ1) is 21.7. The second-order valence-electron chi connectivity index (χ2n) is 13.3. The quantitative estimate of drug-likeness (QED) is 0.167. The number of nitrogens with zero attached hydrogens (tertiary/aromatic N) is 1. The lowest BCUT2D eigenvalue weighted by Gasteiger charge is -2.39. The molecule has 1 nitrogen and oxygen atoms in total. The van der Waals surface area contributed by atoms with Crippen molar-refractivity contribution >= 4 is 11.4 Å². The molecule has 0 saturated heterocycles. The van der Waals surface area contributed by atoms with Crippen LogP contribution in [0.25, 0.3) is 0 Å². The van der Waals surface area contributed by atoms with Gasteiger partial charge in [-0.3, -0.25) is 0 Å². The largest absolute Gasteiger partial charge is 0.314 e. The summed E-state index contributed by atoms with van der Waals surface area (Å²) in [7, 11) is 0. The maximum atomic E-state index is 2.52. The fourth-order valence-electron chi connectivity index (χ4n) is 8.07. The minimum atomic E-state index is 0.0102. The molecule has 4 aromatic rings. The highest BCUT2D eigenvalue weighted by Gasteiger charge is 2.34. The lowest BCUT2D eigenvalue weighted by Crippen LogP contribution is -2.29. The average Bonchev–Trinajstić information content (AvgIpc) is 3.05. The van der Waals surface area contributed by atoms with E-state index >= 15 is 0 Å². The van der Waals surface area contributed by atoms with E-state index in [1.165, 1.54) is 56.0 Å². The Labute approximate surface area is 273 Å². The third kappa shape index (κ3) is 6.19. The average molecular weight is 596 g/mol. The molecular weight excluding hydrogens is 542 g/mol. The van der Waals surface area contributed by atoms with Gasteiger partial charge >= 0.3 is 0 Å². The highest BCUT2D eigenvalue weighted by atomic mass is 15.2. The van der Waals surface area contributed by atoms with E-state index < -0.39 is 0 Å². The Morgan fingerprint density at radius 2 is 1.09 bits per heavy atom. The molecule has 0 heterocycles. The minimum absolute atomic E-state index is 0.0102.